The average molecular weight is 373 g/mol. The van der Waals surface area contributed by atoms with Crippen LogP contribution in [0.3, 0.4) is 0 Å². The summed E-state index contributed by atoms with van der Waals surface area (Å²) in [5.41, 5.74) is 4.57. The van der Waals surface area contributed by atoms with Gasteiger partial charge in [-0.3, -0.25) is 0 Å². The Hall–Kier alpha value is -1.55. The molecule has 10 heteroatoms. The van der Waals surface area contributed by atoms with Crippen LogP contribution < -0.4 is 16.6 Å². The number of halogens is 2. The third kappa shape index (κ3) is 2.29. The van der Waals surface area contributed by atoms with Crippen molar-refractivity contribution in [3.05, 3.63) is 28.0 Å². The summed E-state index contributed by atoms with van der Waals surface area (Å²) in [5, 5.41) is 3.65. The zero-order chi connectivity index (χ0) is 14.1. The van der Waals surface area contributed by atoms with Gasteiger partial charge >= 0.3 is 0 Å². The highest BCUT2D eigenvalue weighted by Crippen LogP contribution is 2.35. The van der Waals surface area contributed by atoms with Gasteiger partial charge in [-0.1, -0.05) is 11.6 Å². The Bertz CT molecular complexity index is 777. The molecule has 3 aromatic rings. The van der Waals surface area contributed by atoms with Crippen molar-refractivity contribution in [2.75, 3.05) is 10.7 Å². The summed E-state index contributed by atoms with van der Waals surface area (Å²) in [6.45, 7) is 0. The molecule has 2 aromatic heterocycles. The van der Waals surface area contributed by atoms with E-state index >= 15 is 0 Å². The number of rotatable bonds is 3. The molecule has 4 N–H and O–H groups in total. The molecule has 102 valence electrons. The second-order valence-corrected chi connectivity index (χ2v) is 5.44. The molecule has 0 aliphatic carbocycles. The third-order valence-electron chi connectivity index (χ3n) is 2.55. The lowest BCUT2D eigenvalue weighted by atomic mass is 10.2. The molecule has 0 aliphatic heterocycles. The highest BCUT2D eigenvalue weighted by atomic mass is 79.9. The maximum absolute atomic E-state index is 6.21. The van der Waals surface area contributed by atoms with E-state index in [0.717, 1.165) is 17.2 Å². The molecule has 3 rings (SSSR count). The first-order valence-corrected chi connectivity index (χ1v) is 7.25. The standard InChI is InChI=1S/C10H7BrClN7S/c11-6-9(14-3-15-10(6)17-13)16-7-4(12)1-2-5-8(7)19-20-18-5/h1-3H,13H2,(H2,14,15,16,17). The second kappa shape index (κ2) is 5.44. The maximum atomic E-state index is 6.21. The number of hydrogen-bond acceptors (Lipinski definition) is 8. The van der Waals surface area contributed by atoms with Crippen LogP contribution in [0, 0.1) is 0 Å². The summed E-state index contributed by atoms with van der Waals surface area (Å²) in [6.07, 6.45) is 1.38. The zero-order valence-electron chi connectivity index (χ0n) is 9.76. The van der Waals surface area contributed by atoms with E-state index in [4.69, 9.17) is 17.4 Å². The van der Waals surface area contributed by atoms with Crippen LogP contribution in [0.25, 0.3) is 11.0 Å². The first-order valence-electron chi connectivity index (χ1n) is 5.35. The van der Waals surface area contributed by atoms with Gasteiger partial charge in [0.2, 0.25) is 0 Å². The lowest BCUT2D eigenvalue weighted by Crippen LogP contribution is -2.10. The molecule has 20 heavy (non-hydrogen) atoms. The van der Waals surface area contributed by atoms with Gasteiger partial charge in [0.05, 0.1) is 22.4 Å². The van der Waals surface area contributed by atoms with Crippen LogP contribution in [-0.4, -0.2) is 18.7 Å². The fourth-order valence-corrected chi connectivity index (χ4v) is 2.78. The van der Waals surface area contributed by atoms with E-state index in [1.54, 1.807) is 6.07 Å². The number of nitrogens with one attached hydrogen (secondary N) is 2. The number of fused-ring (bicyclic) bond motifs is 1. The molecule has 0 spiro atoms. The molecule has 0 bridgehead atoms. The third-order valence-corrected chi connectivity index (χ3v) is 4.16. The average Bonchev–Trinajstić information content (AvgIpc) is 2.92. The number of nitrogens with zero attached hydrogens (tertiary/aromatic N) is 4. The van der Waals surface area contributed by atoms with Crippen LogP contribution in [0.2, 0.25) is 5.02 Å². The number of hydrogen-bond donors (Lipinski definition) is 3. The molecule has 1 aromatic carbocycles. The molecular weight excluding hydrogens is 366 g/mol. The number of benzene rings is 1. The van der Waals surface area contributed by atoms with E-state index in [0.29, 0.717) is 32.3 Å². The van der Waals surface area contributed by atoms with Crippen LogP contribution >= 0.6 is 39.3 Å². The van der Waals surface area contributed by atoms with Crippen LogP contribution in [0.15, 0.2) is 22.9 Å². The second-order valence-electron chi connectivity index (χ2n) is 3.71. The van der Waals surface area contributed by atoms with Crippen molar-refractivity contribution >= 4 is 67.6 Å². The molecule has 0 fully saturated rings. The van der Waals surface area contributed by atoms with Crippen LogP contribution in [-0.2, 0) is 0 Å². The topological polar surface area (TPSA) is 102 Å². The first kappa shape index (κ1) is 13.4. The minimum atomic E-state index is 0.460. The van der Waals surface area contributed by atoms with E-state index in [1.807, 2.05) is 6.07 Å². The summed E-state index contributed by atoms with van der Waals surface area (Å²) in [4.78, 5) is 8.13. The number of aromatic nitrogens is 4. The van der Waals surface area contributed by atoms with Crippen LogP contribution in [0.1, 0.15) is 0 Å². The van der Waals surface area contributed by atoms with Crippen LogP contribution in [0.4, 0.5) is 17.3 Å². The normalized spacial score (nSPS) is 10.8. The highest BCUT2D eigenvalue weighted by molar-refractivity contribution is 9.10. The Labute approximate surface area is 131 Å². The minimum Gasteiger partial charge on any atom is -0.336 e. The van der Waals surface area contributed by atoms with E-state index < -0.39 is 0 Å². The van der Waals surface area contributed by atoms with Gasteiger partial charge in [-0.15, -0.1) is 0 Å². The summed E-state index contributed by atoms with van der Waals surface area (Å²) in [6, 6.07) is 3.57. The van der Waals surface area contributed by atoms with E-state index in [9.17, 15) is 0 Å². The molecule has 0 radical (unpaired) electrons. The smallest absolute Gasteiger partial charge is 0.159 e. The van der Waals surface area contributed by atoms with E-state index in [2.05, 4.69) is 45.4 Å². The van der Waals surface area contributed by atoms with Crippen molar-refractivity contribution in [2.45, 2.75) is 0 Å². The van der Waals surface area contributed by atoms with Crippen molar-refractivity contribution in [2.24, 2.45) is 5.84 Å². The Morgan fingerprint density at radius 2 is 2.00 bits per heavy atom. The Morgan fingerprint density at radius 1 is 1.20 bits per heavy atom. The maximum Gasteiger partial charge on any atom is 0.159 e. The molecule has 0 amide bonds. The summed E-state index contributed by atoms with van der Waals surface area (Å²) in [5.74, 6) is 6.36. The van der Waals surface area contributed by atoms with Gasteiger partial charge in [-0.05, 0) is 28.1 Å². The molecule has 0 aliphatic rings. The van der Waals surface area contributed by atoms with Crippen molar-refractivity contribution in [3.63, 3.8) is 0 Å². The van der Waals surface area contributed by atoms with E-state index in [-0.39, 0.29) is 0 Å². The summed E-state index contributed by atoms with van der Waals surface area (Å²) >= 11 is 10.7. The molecule has 0 saturated carbocycles. The van der Waals surface area contributed by atoms with Gasteiger partial charge in [0.1, 0.15) is 27.7 Å². The predicted molar refractivity (Wildman–Crippen MR) is 83.2 cm³/mol. The van der Waals surface area contributed by atoms with Gasteiger partial charge < -0.3 is 10.7 Å². The largest absolute Gasteiger partial charge is 0.336 e. The fraction of sp³-hybridized carbons (Fsp3) is 0. The monoisotopic (exact) mass is 371 g/mol. The predicted octanol–water partition coefficient (Wildman–Crippen LogP) is 2.93. The van der Waals surface area contributed by atoms with E-state index in [1.165, 1.54) is 6.33 Å². The molecule has 0 atom stereocenters. The quantitative estimate of drug-likeness (QED) is 0.480. The van der Waals surface area contributed by atoms with Gasteiger partial charge in [0, 0.05) is 0 Å². The lowest BCUT2D eigenvalue weighted by Gasteiger charge is -2.11. The Kier molecular flexibility index (Phi) is 3.66. The Balaban J connectivity index is 2.10. The van der Waals surface area contributed by atoms with Gasteiger partial charge in [-0.2, -0.15) is 8.75 Å². The van der Waals surface area contributed by atoms with Gasteiger partial charge in [0.15, 0.2) is 5.82 Å². The Morgan fingerprint density at radius 3 is 2.80 bits per heavy atom. The van der Waals surface area contributed by atoms with Gasteiger partial charge in [-0.25, -0.2) is 15.8 Å². The SMILES string of the molecule is NNc1ncnc(Nc2c(Cl)ccc3nsnc23)c1Br. The first-order chi connectivity index (χ1) is 9.70. The number of nitrogens with two attached hydrogens (primary N) is 1. The van der Waals surface area contributed by atoms with Crippen LogP contribution in [0.5, 0.6) is 0 Å². The minimum absolute atomic E-state index is 0.460. The molecule has 0 saturated heterocycles. The summed E-state index contributed by atoms with van der Waals surface area (Å²) < 4.78 is 9.00. The van der Waals surface area contributed by atoms with Crippen molar-refractivity contribution in [1.29, 1.82) is 0 Å². The molecular formula is C10H7BrClN7S. The molecule has 7 nitrogen and oxygen atoms in total. The lowest BCUT2D eigenvalue weighted by molar-refractivity contribution is 1.12. The number of hydrazine groups is 1. The number of anilines is 3. The van der Waals surface area contributed by atoms with Gasteiger partial charge in [0.25, 0.3) is 0 Å². The zero-order valence-corrected chi connectivity index (χ0v) is 12.9. The number of nitrogen functional groups attached to an aromatic ring is 1. The van der Waals surface area contributed by atoms with Crippen molar-refractivity contribution in [1.82, 2.24) is 18.7 Å². The molecule has 2 heterocycles. The van der Waals surface area contributed by atoms with Crippen molar-refractivity contribution in [3.8, 4) is 0 Å². The molecule has 0 unspecified atom stereocenters. The highest BCUT2D eigenvalue weighted by Gasteiger charge is 2.14. The van der Waals surface area contributed by atoms with Crippen molar-refractivity contribution < 1.29 is 0 Å². The summed E-state index contributed by atoms with van der Waals surface area (Å²) in [7, 11) is 0. The fourth-order valence-electron chi connectivity index (χ4n) is 1.62.